The van der Waals surface area contributed by atoms with Gasteiger partial charge in [0.2, 0.25) is 3.79 Å². The van der Waals surface area contributed by atoms with E-state index in [1.807, 2.05) is 11.8 Å². The summed E-state index contributed by atoms with van der Waals surface area (Å²) in [6.07, 6.45) is -1.35. The molecule has 0 heterocycles. The van der Waals surface area contributed by atoms with E-state index in [-0.39, 0.29) is 26.8 Å². The van der Waals surface area contributed by atoms with Crippen LogP contribution >= 0.6 is 47.0 Å². The van der Waals surface area contributed by atoms with Crippen molar-refractivity contribution in [2.75, 3.05) is 5.32 Å². The molecular weight excluding hydrogens is 612 g/mol. The van der Waals surface area contributed by atoms with E-state index < -0.39 is 37.6 Å². The molecule has 0 aromatic heterocycles. The minimum Gasteiger partial charge on any atom is -0.339 e. The lowest BCUT2D eigenvalue weighted by Crippen LogP contribution is -2.56. The molecule has 3 rings (SSSR count). The maximum absolute atomic E-state index is 13.2. The van der Waals surface area contributed by atoms with Crippen LogP contribution in [0.4, 0.5) is 10.1 Å². The first-order valence-electron chi connectivity index (χ1n) is 10.9. The zero-order valence-electron chi connectivity index (χ0n) is 20.0. The van der Waals surface area contributed by atoms with Gasteiger partial charge in [-0.1, -0.05) is 64.6 Å². The average molecular weight is 633 g/mol. The number of amides is 2. The number of hydrazine groups is 1. The van der Waals surface area contributed by atoms with Gasteiger partial charge < -0.3 is 16.0 Å². The van der Waals surface area contributed by atoms with Gasteiger partial charge in [-0.15, -0.1) is 4.83 Å². The van der Waals surface area contributed by atoms with Crippen molar-refractivity contribution < 1.29 is 22.4 Å². The monoisotopic (exact) mass is 631 g/mol. The summed E-state index contributed by atoms with van der Waals surface area (Å²) in [5, 5.41) is 7.70. The minimum atomic E-state index is -4.03. The molecule has 0 fully saturated rings. The van der Waals surface area contributed by atoms with Crippen molar-refractivity contribution in [2.24, 2.45) is 0 Å². The normalized spacial score (nSPS) is 12.2. The second kappa shape index (κ2) is 12.9. The van der Waals surface area contributed by atoms with Gasteiger partial charge in [-0.05, 0) is 67.7 Å². The van der Waals surface area contributed by atoms with Gasteiger partial charge in [0.05, 0.1) is 16.1 Å². The van der Waals surface area contributed by atoms with Gasteiger partial charge in [-0.3, -0.25) is 15.0 Å². The second-order valence-corrected chi connectivity index (χ2v) is 12.4. The van der Waals surface area contributed by atoms with Crippen molar-refractivity contribution in [1.29, 1.82) is 0 Å². The maximum Gasteiger partial charge on any atom is 0.268 e. The highest BCUT2D eigenvalue weighted by Gasteiger charge is 2.35. The van der Waals surface area contributed by atoms with Crippen LogP contribution in [0.1, 0.15) is 26.3 Å². The summed E-state index contributed by atoms with van der Waals surface area (Å²) in [5.41, 5.74) is 3.32. The van der Waals surface area contributed by atoms with Crippen molar-refractivity contribution in [1.82, 2.24) is 20.9 Å². The van der Waals surface area contributed by atoms with Gasteiger partial charge in [0.25, 0.3) is 21.8 Å². The van der Waals surface area contributed by atoms with Gasteiger partial charge in [0, 0.05) is 5.56 Å². The fourth-order valence-electron chi connectivity index (χ4n) is 3.05. The minimum absolute atomic E-state index is 0.0223. The summed E-state index contributed by atoms with van der Waals surface area (Å²) >= 11 is 23.3. The van der Waals surface area contributed by atoms with Crippen LogP contribution in [0.3, 0.4) is 0 Å². The Labute approximate surface area is 244 Å². The molecule has 206 valence electrons. The van der Waals surface area contributed by atoms with Crippen molar-refractivity contribution in [3.8, 4) is 0 Å². The standard InChI is InChI=1S/C24H21Cl3FN5O4S2/c1-14-6-12-17(13-7-14)39(36,37)33-32-21(35)18-4-2-3-5-19(18)29-23(38)31-22(24(25,26)27)30-20(34)15-8-10-16(28)11-9-15/h2-13,22,33H,1H3,(H,30,34)(H,32,35)(H2,29,31,38). The molecule has 3 aromatic carbocycles. The molecule has 0 saturated carbocycles. The second-order valence-electron chi connectivity index (χ2n) is 7.97. The predicted octanol–water partition coefficient (Wildman–Crippen LogP) is 4.17. The average Bonchev–Trinajstić information content (AvgIpc) is 2.87. The molecular formula is C24H21Cl3FN5O4S2. The molecule has 0 spiro atoms. The van der Waals surface area contributed by atoms with E-state index in [2.05, 4.69) is 21.4 Å². The number of halogens is 4. The number of anilines is 1. The van der Waals surface area contributed by atoms with E-state index in [1.165, 1.54) is 36.4 Å². The van der Waals surface area contributed by atoms with E-state index in [4.69, 9.17) is 47.0 Å². The van der Waals surface area contributed by atoms with E-state index in [0.29, 0.717) is 0 Å². The molecule has 3 aromatic rings. The summed E-state index contributed by atoms with van der Waals surface area (Å²) in [5.74, 6) is -2.00. The number of para-hydroxylation sites is 1. The molecule has 9 nitrogen and oxygen atoms in total. The van der Waals surface area contributed by atoms with Crippen LogP contribution in [0.5, 0.6) is 0 Å². The summed E-state index contributed by atoms with van der Waals surface area (Å²) in [7, 11) is -4.03. The van der Waals surface area contributed by atoms with E-state index in [1.54, 1.807) is 24.3 Å². The van der Waals surface area contributed by atoms with Gasteiger partial charge in [0.15, 0.2) is 5.11 Å². The first kappa shape index (κ1) is 30.5. The van der Waals surface area contributed by atoms with E-state index in [0.717, 1.165) is 17.7 Å². The predicted molar refractivity (Wildman–Crippen MR) is 153 cm³/mol. The van der Waals surface area contributed by atoms with Crippen LogP contribution < -0.4 is 26.2 Å². The molecule has 2 amide bonds. The molecule has 0 aliphatic carbocycles. The molecule has 0 aliphatic heterocycles. The van der Waals surface area contributed by atoms with Crippen LogP contribution in [0.2, 0.25) is 0 Å². The molecule has 5 N–H and O–H groups in total. The van der Waals surface area contributed by atoms with Gasteiger partial charge >= 0.3 is 0 Å². The topological polar surface area (TPSA) is 128 Å². The SMILES string of the molecule is Cc1ccc(S(=O)(=O)NNC(=O)c2ccccc2NC(=S)NC(NC(=O)c2ccc(F)cc2)C(Cl)(Cl)Cl)cc1. The number of rotatable bonds is 8. The van der Waals surface area contributed by atoms with Crippen molar-refractivity contribution in [3.05, 3.63) is 95.3 Å². The highest BCUT2D eigenvalue weighted by Crippen LogP contribution is 2.29. The summed E-state index contributed by atoms with van der Waals surface area (Å²) in [4.78, 5) is 27.3. The van der Waals surface area contributed by atoms with E-state index >= 15 is 0 Å². The number of hydrogen-bond acceptors (Lipinski definition) is 5. The molecule has 1 unspecified atom stereocenters. The third kappa shape index (κ3) is 8.75. The zero-order chi connectivity index (χ0) is 28.8. The lowest BCUT2D eigenvalue weighted by Gasteiger charge is -2.28. The molecule has 39 heavy (non-hydrogen) atoms. The molecule has 1 atom stereocenters. The summed E-state index contributed by atoms with van der Waals surface area (Å²) in [6.45, 7) is 1.81. The number of carbonyl (C=O) groups excluding carboxylic acids is 2. The van der Waals surface area contributed by atoms with Crippen LogP contribution in [0.25, 0.3) is 0 Å². The number of nitrogens with one attached hydrogen (secondary N) is 5. The van der Waals surface area contributed by atoms with Gasteiger partial charge in [-0.2, -0.15) is 0 Å². The summed E-state index contributed by atoms with van der Waals surface area (Å²) in [6, 6.07) is 16.8. The maximum atomic E-state index is 13.2. The Kier molecular flexibility index (Phi) is 10.1. The van der Waals surface area contributed by atoms with Crippen LogP contribution in [0, 0.1) is 12.7 Å². The van der Waals surface area contributed by atoms with E-state index in [9.17, 15) is 22.4 Å². The molecule has 15 heteroatoms. The Morgan fingerprint density at radius 3 is 2.13 bits per heavy atom. The third-order valence-electron chi connectivity index (χ3n) is 5.03. The van der Waals surface area contributed by atoms with Crippen LogP contribution in [-0.2, 0) is 10.0 Å². The van der Waals surface area contributed by atoms with Gasteiger partial charge in [0.1, 0.15) is 12.0 Å². The quantitative estimate of drug-likeness (QED) is 0.109. The van der Waals surface area contributed by atoms with Crippen molar-refractivity contribution >= 4 is 79.7 Å². The van der Waals surface area contributed by atoms with Crippen LogP contribution in [-0.4, -0.2) is 35.3 Å². The highest BCUT2D eigenvalue weighted by molar-refractivity contribution is 7.89. The molecule has 0 radical (unpaired) electrons. The number of aryl methyl sites for hydroxylation is 1. The Hall–Kier alpha value is -3.00. The number of hydrogen-bond donors (Lipinski definition) is 5. The Morgan fingerprint density at radius 1 is 0.897 bits per heavy atom. The number of carbonyl (C=O) groups is 2. The molecule has 0 bridgehead atoms. The lowest BCUT2D eigenvalue weighted by molar-refractivity contribution is 0.0930. The fraction of sp³-hybridized carbons (Fsp3) is 0.125. The number of sulfonamides is 1. The first-order valence-corrected chi connectivity index (χ1v) is 14.0. The van der Waals surface area contributed by atoms with Crippen LogP contribution in [0.15, 0.2) is 77.7 Å². The Morgan fingerprint density at radius 2 is 1.51 bits per heavy atom. The Bertz CT molecular complexity index is 1470. The van der Waals surface area contributed by atoms with Crippen molar-refractivity contribution in [3.63, 3.8) is 0 Å². The van der Waals surface area contributed by atoms with Crippen molar-refractivity contribution in [2.45, 2.75) is 21.8 Å². The lowest BCUT2D eigenvalue weighted by atomic mass is 10.1. The zero-order valence-corrected chi connectivity index (χ0v) is 23.9. The molecule has 0 aliphatic rings. The molecule has 0 saturated heterocycles. The number of thiocarbonyl (C=S) groups is 1. The first-order chi connectivity index (χ1) is 18.3. The largest absolute Gasteiger partial charge is 0.339 e. The number of benzene rings is 3. The smallest absolute Gasteiger partial charge is 0.268 e. The number of alkyl halides is 3. The third-order valence-corrected chi connectivity index (χ3v) is 7.17. The Balaban J connectivity index is 1.68. The van der Waals surface area contributed by atoms with Gasteiger partial charge in [-0.25, -0.2) is 12.8 Å². The fourth-order valence-corrected chi connectivity index (χ4v) is 4.45. The summed E-state index contributed by atoms with van der Waals surface area (Å²) < 4.78 is 36.1. The highest BCUT2D eigenvalue weighted by atomic mass is 35.6.